The first kappa shape index (κ1) is 16.2. The predicted octanol–water partition coefficient (Wildman–Crippen LogP) is 2.15. The zero-order chi connectivity index (χ0) is 17.1. The van der Waals surface area contributed by atoms with Crippen molar-refractivity contribution in [3.63, 3.8) is 0 Å². The first-order valence-corrected chi connectivity index (χ1v) is 7.76. The number of nitrogens with zero attached hydrogens (tertiary/aromatic N) is 2. The normalized spacial score (nSPS) is 17.7. The van der Waals surface area contributed by atoms with Gasteiger partial charge in [0.1, 0.15) is 23.3 Å². The molecule has 1 amide bonds. The van der Waals surface area contributed by atoms with Crippen molar-refractivity contribution in [1.29, 1.82) is 0 Å². The molecule has 3 rings (SSSR count). The minimum atomic E-state index is -1.12. The minimum Gasteiger partial charge on any atom is -0.477 e. The standard InChI is InChI=1S/C17H18N2O5/c1-2-12-4-6-15(24-12)14-10-23-8-7-19(14)16(20)11-3-5-13(17(21)22)18-9-11/h3-6,9,14H,2,7-8,10H2,1H3,(H,21,22). The number of amides is 1. The summed E-state index contributed by atoms with van der Waals surface area (Å²) in [6.45, 7) is 3.25. The molecule has 1 aliphatic rings. The molecular weight excluding hydrogens is 312 g/mol. The molecular formula is C17H18N2O5. The van der Waals surface area contributed by atoms with E-state index in [0.717, 1.165) is 12.2 Å². The molecule has 2 aromatic rings. The molecule has 0 bridgehead atoms. The van der Waals surface area contributed by atoms with Gasteiger partial charge in [-0.25, -0.2) is 9.78 Å². The third kappa shape index (κ3) is 3.16. The van der Waals surface area contributed by atoms with Gasteiger partial charge < -0.3 is 19.2 Å². The second-order valence-corrected chi connectivity index (χ2v) is 5.48. The van der Waals surface area contributed by atoms with Crippen molar-refractivity contribution in [1.82, 2.24) is 9.88 Å². The fourth-order valence-corrected chi connectivity index (χ4v) is 2.66. The van der Waals surface area contributed by atoms with Crippen LogP contribution in [0.25, 0.3) is 0 Å². The minimum absolute atomic E-state index is 0.0938. The second kappa shape index (κ2) is 6.84. The highest BCUT2D eigenvalue weighted by Gasteiger charge is 2.31. The monoisotopic (exact) mass is 330 g/mol. The lowest BCUT2D eigenvalue weighted by atomic mass is 10.1. The highest BCUT2D eigenvalue weighted by atomic mass is 16.5. The van der Waals surface area contributed by atoms with Gasteiger partial charge in [-0.3, -0.25) is 4.79 Å². The van der Waals surface area contributed by atoms with Gasteiger partial charge in [-0.15, -0.1) is 0 Å². The maximum Gasteiger partial charge on any atom is 0.354 e. The third-order valence-electron chi connectivity index (χ3n) is 3.98. The van der Waals surface area contributed by atoms with Gasteiger partial charge in [0.2, 0.25) is 0 Å². The fourth-order valence-electron chi connectivity index (χ4n) is 2.66. The van der Waals surface area contributed by atoms with E-state index in [2.05, 4.69) is 4.98 Å². The van der Waals surface area contributed by atoms with Gasteiger partial charge in [0.25, 0.3) is 5.91 Å². The van der Waals surface area contributed by atoms with E-state index >= 15 is 0 Å². The molecule has 0 aliphatic carbocycles. The first-order valence-electron chi connectivity index (χ1n) is 7.76. The molecule has 1 atom stereocenters. The molecule has 2 aromatic heterocycles. The molecule has 7 heteroatoms. The highest BCUT2D eigenvalue weighted by molar-refractivity contribution is 5.95. The van der Waals surface area contributed by atoms with Crippen molar-refractivity contribution in [2.75, 3.05) is 19.8 Å². The van der Waals surface area contributed by atoms with Crippen LogP contribution in [0.3, 0.4) is 0 Å². The molecule has 1 fully saturated rings. The lowest BCUT2D eigenvalue weighted by Gasteiger charge is -2.34. The number of morpholine rings is 1. The number of carboxylic acid groups (broad SMARTS) is 1. The van der Waals surface area contributed by atoms with E-state index in [1.165, 1.54) is 18.3 Å². The van der Waals surface area contributed by atoms with E-state index in [9.17, 15) is 9.59 Å². The lowest BCUT2D eigenvalue weighted by Crippen LogP contribution is -2.43. The van der Waals surface area contributed by atoms with E-state index in [0.29, 0.717) is 31.1 Å². The van der Waals surface area contributed by atoms with Gasteiger partial charge in [-0.2, -0.15) is 0 Å². The van der Waals surface area contributed by atoms with Crippen molar-refractivity contribution >= 4 is 11.9 Å². The molecule has 1 aliphatic heterocycles. The number of carboxylic acids is 1. The topological polar surface area (TPSA) is 92.9 Å². The Kier molecular flexibility index (Phi) is 4.61. The molecule has 0 radical (unpaired) electrons. The number of hydrogen-bond donors (Lipinski definition) is 1. The lowest BCUT2D eigenvalue weighted by molar-refractivity contribution is -0.00903. The maximum atomic E-state index is 12.8. The maximum absolute atomic E-state index is 12.8. The average Bonchev–Trinajstić information content (AvgIpc) is 3.10. The Morgan fingerprint density at radius 2 is 2.17 bits per heavy atom. The van der Waals surface area contributed by atoms with Crippen LogP contribution in [0, 0.1) is 0 Å². The third-order valence-corrected chi connectivity index (χ3v) is 3.98. The van der Waals surface area contributed by atoms with Crippen molar-refractivity contribution in [3.05, 3.63) is 53.2 Å². The number of ether oxygens (including phenoxy) is 1. The van der Waals surface area contributed by atoms with Crippen LogP contribution in [0.5, 0.6) is 0 Å². The Morgan fingerprint density at radius 3 is 2.79 bits per heavy atom. The molecule has 3 heterocycles. The van der Waals surface area contributed by atoms with Gasteiger partial charge >= 0.3 is 5.97 Å². The predicted molar refractivity (Wildman–Crippen MR) is 83.9 cm³/mol. The number of aryl methyl sites for hydroxylation is 1. The number of hydrogen-bond acceptors (Lipinski definition) is 5. The summed E-state index contributed by atoms with van der Waals surface area (Å²) in [4.78, 5) is 29.1. The first-order chi connectivity index (χ1) is 11.6. The quantitative estimate of drug-likeness (QED) is 0.923. The SMILES string of the molecule is CCc1ccc(C2COCCN2C(=O)c2ccc(C(=O)O)nc2)o1. The Morgan fingerprint density at radius 1 is 1.33 bits per heavy atom. The Bertz CT molecular complexity index is 738. The van der Waals surface area contributed by atoms with Gasteiger partial charge in [0.05, 0.1) is 18.8 Å². The number of carbonyl (C=O) groups excluding carboxylic acids is 1. The summed E-state index contributed by atoms with van der Waals surface area (Å²) in [5, 5.41) is 8.89. The number of aromatic carboxylic acids is 1. The number of rotatable bonds is 4. The molecule has 1 N–H and O–H groups in total. The molecule has 24 heavy (non-hydrogen) atoms. The van der Waals surface area contributed by atoms with Crippen LogP contribution >= 0.6 is 0 Å². The zero-order valence-electron chi connectivity index (χ0n) is 13.3. The fraction of sp³-hybridized carbons (Fsp3) is 0.353. The molecule has 0 spiro atoms. The summed E-state index contributed by atoms with van der Waals surface area (Å²) in [6, 6.07) is 6.27. The van der Waals surface area contributed by atoms with Crippen LogP contribution in [-0.4, -0.2) is 46.6 Å². The average molecular weight is 330 g/mol. The molecule has 1 unspecified atom stereocenters. The van der Waals surface area contributed by atoms with E-state index in [1.807, 2.05) is 19.1 Å². The van der Waals surface area contributed by atoms with Crippen molar-refractivity contribution in [2.45, 2.75) is 19.4 Å². The Balaban J connectivity index is 1.84. The molecule has 126 valence electrons. The van der Waals surface area contributed by atoms with Crippen molar-refractivity contribution in [2.24, 2.45) is 0 Å². The smallest absolute Gasteiger partial charge is 0.354 e. The van der Waals surface area contributed by atoms with Crippen LogP contribution in [-0.2, 0) is 11.2 Å². The van der Waals surface area contributed by atoms with Gasteiger partial charge in [-0.05, 0) is 24.3 Å². The number of pyridine rings is 1. The summed E-state index contributed by atoms with van der Waals surface area (Å²) >= 11 is 0. The summed E-state index contributed by atoms with van der Waals surface area (Å²) in [6.07, 6.45) is 2.07. The van der Waals surface area contributed by atoms with E-state index < -0.39 is 5.97 Å². The largest absolute Gasteiger partial charge is 0.477 e. The van der Waals surface area contributed by atoms with E-state index in [4.69, 9.17) is 14.3 Å². The number of aromatic nitrogens is 1. The summed E-state index contributed by atoms with van der Waals surface area (Å²) < 4.78 is 11.3. The molecule has 1 saturated heterocycles. The number of carbonyl (C=O) groups is 2. The summed E-state index contributed by atoms with van der Waals surface area (Å²) in [7, 11) is 0. The Hall–Kier alpha value is -2.67. The summed E-state index contributed by atoms with van der Waals surface area (Å²) in [5.74, 6) is 0.202. The van der Waals surface area contributed by atoms with E-state index in [-0.39, 0.29) is 17.6 Å². The highest BCUT2D eigenvalue weighted by Crippen LogP contribution is 2.27. The molecule has 0 aromatic carbocycles. The van der Waals surface area contributed by atoms with Crippen LogP contribution in [0.2, 0.25) is 0 Å². The van der Waals surface area contributed by atoms with Gasteiger partial charge in [0, 0.05) is 19.2 Å². The van der Waals surface area contributed by atoms with Crippen molar-refractivity contribution < 1.29 is 23.8 Å². The summed E-state index contributed by atoms with van der Waals surface area (Å²) in [5.41, 5.74) is 0.248. The van der Waals surface area contributed by atoms with Crippen LogP contribution in [0.4, 0.5) is 0 Å². The number of furan rings is 1. The van der Waals surface area contributed by atoms with Crippen LogP contribution in [0.1, 0.15) is 45.3 Å². The van der Waals surface area contributed by atoms with Gasteiger partial charge in [0.15, 0.2) is 0 Å². The Labute approximate surface area is 138 Å². The van der Waals surface area contributed by atoms with E-state index in [1.54, 1.807) is 4.90 Å². The zero-order valence-corrected chi connectivity index (χ0v) is 13.3. The van der Waals surface area contributed by atoms with Crippen LogP contribution < -0.4 is 0 Å². The molecule has 7 nitrogen and oxygen atoms in total. The van der Waals surface area contributed by atoms with Crippen LogP contribution in [0.15, 0.2) is 34.9 Å². The second-order valence-electron chi connectivity index (χ2n) is 5.48. The molecule has 0 saturated carbocycles. The van der Waals surface area contributed by atoms with Gasteiger partial charge in [-0.1, -0.05) is 6.92 Å². The van der Waals surface area contributed by atoms with Crippen molar-refractivity contribution in [3.8, 4) is 0 Å².